The molecule has 2 fully saturated rings. The standard InChI is InChI=1S/C29H35N5O6/c1-2-28-13-7-3-4-8-18-39-27(38)23(28)22-25(36)33(16-10-17-35)24-26(37)32(15-9-14-29(22,24)40-28)19-34-21-12-6-5-11-20(21)30-31-34/h5-7,9,11-14,22-24,35H,2-4,8,10,15-19H2,1H3/b13-7-/t22-,23+,24?,28-,29-/m0/s1. The fraction of sp³-hybridized carbons (Fsp3) is 0.552. The number of para-hydroxylation sites is 1. The molecular formula is C29H35N5O6. The Morgan fingerprint density at radius 1 is 1.07 bits per heavy atom. The monoisotopic (exact) mass is 549 g/mol. The number of aliphatic hydroxyl groups is 1. The highest BCUT2D eigenvalue weighted by atomic mass is 16.6. The molecule has 2 aromatic rings. The zero-order chi connectivity index (χ0) is 27.9. The molecule has 212 valence electrons. The van der Waals surface area contributed by atoms with Crippen molar-refractivity contribution in [3.05, 3.63) is 48.6 Å². The van der Waals surface area contributed by atoms with Crippen molar-refractivity contribution in [2.24, 2.45) is 11.8 Å². The van der Waals surface area contributed by atoms with E-state index in [1.54, 1.807) is 9.58 Å². The number of likely N-dealkylation sites (tertiary alicyclic amines) is 1. The molecule has 5 atom stereocenters. The van der Waals surface area contributed by atoms with Gasteiger partial charge >= 0.3 is 5.97 Å². The third-order valence-electron chi connectivity index (χ3n) is 8.75. The van der Waals surface area contributed by atoms with E-state index in [1.165, 1.54) is 4.90 Å². The fourth-order valence-electron chi connectivity index (χ4n) is 6.88. The third kappa shape index (κ3) is 4.05. The summed E-state index contributed by atoms with van der Waals surface area (Å²) in [6.45, 7) is 2.64. The van der Waals surface area contributed by atoms with Crippen LogP contribution in [0.25, 0.3) is 11.0 Å². The minimum absolute atomic E-state index is 0.132. The predicted molar refractivity (Wildman–Crippen MR) is 143 cm³/mol. The Labute approximate surface area is 232 Å². The van der Waals surface area contributed by atoms with Crippen LogP contribution in [0.1, 0.15) is 39.0 Å². The summed E-state index contributed by atoms with van der Waals surface area (Å²) in [7, 11) is 0. The van der Waals surface area contributed by atoms with Gasteiger partial charge in [-0.1, -0.05) is 48.6 Å². The van der Waals surface area contributed by atoms with Crippen LogP contribution in [-0.4, -0.2) is 91.2 Å². The van der Waals surface area contributed by atoms with Gasteiger partial charge < -0.3 is 24.4 Å². The Morgan fingerprint density at radius 2 is 1.93 bits per heavy atom. The van der Waals surface area contributed by atoms with E-state index in [0.717, 1.165) is 30.3 Å². The largest absolute Gasteiger partial charge is 0.465 e. The number of aliphatic hydroxyl groups excluding tert-OH is 1. The number of fused-ring (bicyclic) bond motifs is 3. The van der Waals surface area contributed by atoms with Crippen LogP contribution < -0.4 is 0 Å². The predicted octanol–water partition coefficient (Wildman–Crippen LogP) is 1.81. The average Bonchev–Trinajstić information content (AvgIpc) is 3.53. The van der Waals surface area contributed by atoms with E-state index in [9.17, 15) is 19.5 Å². The van der Waals surface area contributed by atoms with Gasteiger partial charge in [0, 0.05) is 19.7 Å². The normalized spacial score (nSPS) is 33.0. The zero-order valence-electron chi connectivity index (χ0n) is 22.6. The van der Waals surface area contributed by atoms with Crippen LogP contribution in [-0.2, 0) is 30.5 Å². The summed E-state index contributed by atoms with van der Waals surface area (Å²) in [5, 5.41) is 18.1. The molecule has 1 aromatic carbocycles. The van der Waals surface area contributed by atoms with Gasteiger partial charge in [0.1, 0.15) is 35.3 Å². The van der Waals surface area contributed by atoms with Gasteiger partial charge in [0.15, 0.2) is 0 Å². The van der Waals surface area contributed by atoms with E-state index in [4.69, 9.17) is 9.47 Å². The summed E-state index contributed by atoms with van der Waals surface area (Å²) in [4.78, 5) is 45.4. The van der Waals surface area contributed by atoms with E-state index in [-0.39, 0.29) is 44.8 Å². The molecule has 1 aromatic heterocycles. The van der Waals surface area contributed by atoms with E-state index < -0.39 is 35.0 Å². The Kier molecular flexibility index (Phi) is 6.95. The number of hydrogen-bond acceptors (Lipinski definition) is 8. The van der Waals surface area contributed by atoms with Gasteiger partial charge in [-0.3, -0.25) is 14.4 Å². The molecule has 11 heteroatoms. The summed E-state index contributed by atoms with van der Waals surface area (Å²) in [6, 6.07) is 6.51. The molecule has 0 radical (unpaired) electrons. The van der Waals surface area contributed by atoms with Crippen LogP contribution in [0.3, 0.4) is 0 Å². The molecular weight excluding hydrogens is 514 g/mol. The maximum absolute atomic E-state index is 14.4. The molecule has 4 aliphatic rings. The SMILES string of the molecule is CC[C@]12/C=C\CCCCOC(=O)[C@H]1[C@H]1C(=O)N(CCCO)C3C(=O)N(Cn4nnc5ccccc54)CC=C[C@@]31O2. The minimum atomic E-state index is -1.36. The number of carbonyl (C=O) groups excluding carboxylic acids is 3. The van der Waals surface area contributed by atoms with Gasteiger partial charge in [0.2, 0.25) is 5.91 Å². The Morgan fingerprint density at radius 3 is 2.75 bits per heavy atom. The topological polar surface area (TPSA) is 127 Å². The van der Waals surface area contributed by atoms with Crippen molar-refractivity contribution < 1.29 is 29.0 Å². The lowest BCUT2D eigenvalue weighted by Gasteiger charge is -2.38. The molecule has 6 rings (SSSR count). The molecule has 40 heavy (non-hydrogen) atoms. The number of cyclic esters (lactones) is 1. The van der Waals surface area contributed by atoms with Crippen molar-refractivity contribution in [2.45, 2.75) is 62.9 Å². The first-order chi connectivity index (χ1) is 19.5. The van der Waals surface area contributed by atoms with Crippen LogP contribution >= 0.6 is 0 Å². The first-order valence-electron chi connectivity index (χ1n) is 14.2. The van der Waals surface area contributed by atoms with Crippen molar-refractivity contribution in [1.29, 1.82) is 0 Å². The number of esters is 1. The van der Waals surface area contributed by atoms with Crippen molar-refractivity contribution >= 4 is 28.8 Å². The van der Waals surface area contributed by atoms with Gasteiger partial charge in [-0.05, 0) is 44.2 Å². The summed E-state index contributed by atoms with van der Waals surface area (Å²) < 4.78 is 14.3. The number of ether oxygens (including phenoxy) is 2. The van der Waals surface area contributed by atoms with Gasteiger partial charge in [0.05, 0.1) is 18.0 Å². The maximum atomic E-state index is 14.4. The quantitative estimate of drug-likeness (QED) is 0.427. The molecule has 0 aliphatic carbocycles. The molecule has 0 saturated carbocycles. The number of carbonyl (C=O) groups is 3. The van der Waals surface area contributed by atoms with Crippen LogP contribution in [0.2, 0.25) is 0 Å². The first kappa shape index (κ1) is 26.6. The minimum Gasteiger partial charge on any atom is -0.465 e. The average molecular weight is 550 g/mol. The van der Waals surface area contributed by atoms with Gasteiger partial charge in [-0.25, -0.2) is 4.68 Å². The van der Waals surface area contributed by atoms with E-state index in [2.05, 4.69) is 10.3 Å². The number of allylic oxidation sites excluding steroid dienone is 1. The van der Waals surface area contributed by atoms with E-state index in [0.29, 0.717) is 12.8 Å². The number of aromatic nitrogens is 3. The van der Waals surface area contributed by atoms with Crippen molar-refractivity contribution in [3.8, 4) is 0 Å². The van der Waals surface area contributed by atoms with Gasteiger partial charge in [-0.2, -0.15) is 0 Å². The molecule has 4 aliphatic heterocycles. The molecule has 1 unspecified atom stereocenters. The lowest BCUT2D eigenvalue weighted by molar-refractivity contribution is -0.162. The Balaban J connectivity index is 1.43. The van der Waals surface area contributed by atoms with Crippen LogP contribution in [0.4, 0.5) is 0 Å². The van der Waals surface area contributed by atoms with Crippen molar-refractivity contribution in [1.82, 2.24) is 24.8 Å². The molecule has 11 nitrogen and oxygen atoms in total. The lowest BCUT2D eigenvalue weighted by Crippen LogP contribution is -2.56. The zero-order valence-corrected chi connectivity index (χ0v) is 22.6. The van der Waals surface area contributed by atoms with Gasteiger partial charge in [0.25, 0.3) is 5.91 Å². The second-order valence-corrected chi connectivity index (χ2v) is 11.0. The van der Waals surface area contributed by atoms with E-state index in [1.807, 2.05) is 55.5 Å². The highest BCUT2D eigenvalue weighted by Crippen LogP contribution is 2.58. The molecule has 5 heterocycles. The molecule has 0 bridgehead atoms. The number of amides is 2. The first-order valence-corrected chi connectivity index (χ1v) is 14.2. The molecule has 2 amide bonds. The third-order valence-corrected chi connectivity index (χ3v) is 8.75. The number of hydrogen-bond donors (Lipinski definition) is 1. The number of benzene rings is 1. The molecule has 1 N–H and O–H groups in total. The number of nitrogens with zero attached hydrogens (tertiary/aromatic N) is 5. The second-order valence-electron chi connectivity index (χ2n) is 11.0. The fourth-order valence-corrected chi connectivity index (χ4v) is 6.88. The highest BCUT2D eigenvalue weighted by Gasteiger charge is 2.75. The Hall–Kier alpha value is -3.57. The maximum Gasteiger partial charge on any atom is 0.313 e. The van der Waals surface area contributed by atoms with E-state index >= 15 is 0 Å². The summed E-state index contributed by atoms with van der Waals surface area (Å²) in [6.07, 6.45) is 10.8. The van der Waals surface area contributed by atoms with Crippen LogP contribution in [0.5, 0.6) is 0 Å². The molecule has 2 saturated heterocycles. The highest BCUT2D eigenvalue weighted by molar-refractivity contribution is 5.99. The van der Waals surface area contributed by atoms with Gasteiger partial charge in [-0.15, -0.1) is 5.10 Å². The summed E-state index contributed by atoms with van der Waals surface area (Å²) in [5.41, 5.74) is -0.940. The molecule has 1 spiro atoms. The summed E-state index contributed by atoms with van der Waals surface area (Å²) >= 11 is 0. The lowest BCUT2D eigenvalue weighted by atomic mass is 9.73. The van der Waals surface area contributed by atoms with Crippen LogP contribution in [0, 0.1) is 11.8 Å². The summed E-state index contributed by atoms with van der Waals surface area (Å²) in [5.74, 6) is -2.93. The Bertz CT molecular complexity index is 1370. The van der Waals surface area contributed by atoms with Crippen molar-refractivity contribution in [3.63, 3.8) is 0 Å². The van der Waals surface area contributed by atoms with Crippen LogP contribution in [0.15, 0.2) is 48.6 Å². The smallest absolute Gasteiger partial charge is 0.313 e. The number of rotatable bonds is 6. The second kappa shape index (κ2) is 10.4. The van der Waals surface area contributed by atoms with Crippen molar-refractivity contribution in [2.75, 3.05) is 26.3 Å².